The molecule has 1 aromatic rings. The molecule has 0 aromatic carbocycles. The minimum absolute atomic E-state index is 0.527. The molecule has 0 unspecified atom stereocenters. The first kappa shape index (κ1) is 14.1. The number of H-pyrrole nitrogens is 1. The summed E-state index contributed by atoms with van der Waals surface area (Å²) in [7, 11) is -3.06. The van der Waals surface area contributed by atoms with Gasteiger partial charge in [0.05, 0.1) is 12.6 Å². The second-order valence-electron chi connectivity index (χ2n) is 3.86. The van der Waals surface area contributed by atoms with Crippen molar-refractivity contribution < 1.29 is 8.42 Å². The van der Waals surface area contributed by atoms with Crippen molar-refractivity contribution in [2.75, 3.05) is 25.9 Å². The fraction of sp³-hybridized carbons (Fsp3) is 0.700. The molecule has 7 heteroatoms. The molecule has 1 heterocycles. The normalized spacial score (nSPS) is 12.2. The molecular formula is C10H20N4O2S. The predicted molar refractivity (Wildman–Crippen MR) is 67.0 cm³/mol. The standard InChI is InChI=1S/C10H20N4O2S/c1-3-14(17(2,15)16)6-4-5-11-7-10-8-12-9-13-10/h8-9,11H,3-7H2,1-2H3,(H,12,13). The Morgan fingerprint density at radius 3 is 2.82 bits per heavy atom. The van der Waals surface area contributed by atoms with E-state index in [4.69, 9.17) is 0 Å². The van der Waals surface area contributed by atoms with E-state index in [1.807, 2.05) is 6.92 Å². The van der Waals surface area contributed by atoms with Crippen LogP contribution < -0.4 is 5.32 Å². The van der Waals surface area contributed by atoms with E-state index in [1.165, 1.54) is 10.6 Å². The molecule has 98 valence electrons. The van der Waals surface area contributed by atoms with Gasteiger partial charge in [-0.25, -0.2) is 17.7 Å². The van der Waals surface area contributed by atoms with Crippen molar-refractivity contribution in [2.45, 2.75) is 19.9 Å². The molecule has 0 saturated heterocycles. The van der Waals surface area contributed by atoms with Crippen LogP contribution in [0.1, 0.15) is 19.0 Å². The molecular weight excluding hydrogens is 240 g/mol. The maximum atomic E-state index is 11.3. The van der Waals surface area contributed by atoms with E-state index < -0.39 is 10.0 Å². The van der Waals surface area contributed by atoms with Crippen LogP contribution in [0, 0.1) is 0 Å². The minimum Gasteiger partial charge on any atom is -0.347 e. The summed E-state index contributed by atoms with van der Waals surface area (Å²) in [5.74, 6) is 0. The largest absolute Gasteiger partial charge is 0.347 e. The van der Waals surface area contributed by atoms with Gasteiger partial charge in [0.2, 0.25) is 10.0 Å². The van der Waals surface area contributed by atoms with E-state index in [0.29, 0.717) is 13.1 Å². The van der Waals surface area contributed by atoms with Crippen LogP contribution in [0.2, 0.25) is 0 Å². The molecule has 1 aromatic heterocycles. The third-order valence-corrected chi connectivity index (χ3v) is 3.83. The van der Waals surface area contributed by atoms with Crippen LogP contribution in [-0.2, 0) is 16.6 Å². The van der Waals surface area contributed by atoms with Crippen molar-refractivity contribution in [3.05, 3.63) is 18.2 Å². The molecule has 0 aliphatic rings. The number of hydrogen-bond acceptors (Lipinski definition) is 4. The zero-order valence-electron chi connectivity index (χ0n) is 10.3. The molecule has 0 aliphatic carbocycles. The second-order valence-corrected chi connectivity index (χ2v) is 5.84. The first-order valence-corrected chi connectivity index (χ1v) is 7.52. The lowest BCUT2D eigenvalue weighted by Gasteiger charge is -2.17. The maximum Gasteiger partial charge on any atom is 0.211 e. The second kappa shape index (κ2) is 6.73. The minimum atomic E-state index is -3.06. The molecule has 0 aliphatic heterocycles. The van der Waals surface area contributed by atoms with Crippen molar-refractivity contribution in [3.63, 3.8) is 0 Å². The molecule has 0 saturated carbocycles. The molecule has 2 N–H and O–H groups in total. The van der Waals surface area contributed by atoms with Crippen molar-refractivity contribution in [3.8, 4) is 0 Å². The van der Waals surface area contributed by atoms with Crippen LogP contribution in [0.5, 0.6) is 0 Å². The monoisotopic (exact) mass is 260 g/mol. The number of rotatable bonds is 8. The van der Waals surface area contributed by atoms with Gasteiger partial charge in [-0.1, -0.05) is 6.92 Å². The summed E-state index contributed by atoms with van der Waals surface area (Å²) in [5, 5.41) is 3.23. The highest BCUT2D eigenvalue weighted by Gasteiger charge is 2.12. The molecule has 6 nitrogen and oxygen atoms in total. The molecule has 1 rings (SSSR count). The highest BCUT2D eigenvalue weighted by molar-refractivity contribution is 7.88. The van der Waals surface area contributed by atoms with Gasteiger partial charge in [-0.2, -0.15) is 0 Å². The summed E-state index contributed by atoms with van der Waals surface area (Å²) in [6.45, 7) is 4.44. The van der Waals surface area contributed by atoms with Gasteiger partial charge >= 0.3 is 0 Å². The SMILES string of the molecule is CCN(CCCNCc1cnc[nH]1)S(C)(=O)=O. The number of nitrogens with one attached hydrogen (secondary N) is 2. The molecule has 0 bridgehead atoms. The van der Waals surface area contributed by atoms with Crippen LogP contribution in [0.15, 0.2) is 12.5 Å². The predicted octanol–water partition coefficient (Wildman–Crippen LogP) is 0.171. The maximum absolute atomic E-state index is 11.3. The Morgan fingerprint density at radius 2 is 2.29 bits per heavy atom. The number of aromatic nitrogens is 2. The summed E-state index contributed by atoms with van der Waals surface area (Å²) in [6, 6.07) is 0. The summed E-state index contributed by atoms with van der Waals surface area (Å²) in [5.41, 5.74) is 1.03. The number of sulfonamides is 1. The van der Waals surface area contributed by atoms with Crippen LogP contribution in [-0.4, -0.2) is 48.6 Å². The molecule has 0 amide bonds. The number of aromatic amines is 1. The average Bonchev–Trinajstić information content (AvgIpc) is 2.74. The Hall–Kier alpha value is -0.920. The van der Waals surface area contributed by atoms with E-state index in [-0.39, 0.29) is 0 Å². The van der Waals surface area contributed by atoms with Gasteiger partial charge in [0.15, 0.2) is 0 Å². The zero-order valence-corrected chi connectivity index (χ0v) is 11.1. The third-order valence-electron chi connectivity index (χ3n) is 2.45. The van der Waals surface area contributed by atoms with Gasteiger partial charge in [0.25, 0.3) is 0 Å². The lowest BCUT2D eigenvalue weighted by molar-refractivity contribution is 0.419. The van der Waals surface area contributed by atoms with Crippen molar-refractivity contribution in [2.24, 2.45) is 0 Å². The first-order valence-electron chi connectivity index (χ1n) is 5.67. The van der Waals surface area contributed by atoms with Crippen molar-refractivity contribution in [1.82, 2.24) is 19.6 Å². The van der Waals surface area contributed by atoms with Gasteiger partial charge in [0, 0.05) is 31.5 Å². The Morgan fingerprint density at radius 1 is 1.53 bits per heavy atom. The lowest BCUT2D eigenvalue weighted by atomic mass is 10.4. The number of hydrogen-bond donors (Lipinski definition) is 2. The highest BCUT2D eigenvalue weighted by Crippen LogP contribution is 1.98. The third kappa shape index (κ3) is 5.29. The van der Waals surface area contributed by atoms with E-state index in [9.17, 15) is 8.42 Å². The average molecular weight is 260 g/mol. The van der Waals surface area contributed by atoms with Crippen molar-refractivity contribution in [1.29, 1.82) is 0 Å². The van der Waals surface area contributed by atoms with Crippen LogP contribution in [0.3, 0.4) is 0 Å². The molecule has 17 heavy (non-hydrogen) atoms. The Balaban J connectivity index is 2.15. The number of imidazole rings is 1. The zero-order chi connectivity index (χ0) is 12.7. The first-order chi connectivity index (χ1) is 8.04. The van der Waals surface area contributed by atoms with Gasteiger partial charge in [0.1, 0.15) is 0 Å². The molecule has 0 fully saturated rings. The van der Waals surface area contributed by atoms with E-state index in [2.05, 4.69) is 15.3 Å². The summed E-state index contributed by atoms with van der Waals surface area (Å²) in [6.07, 6.45) is 5.45. The van der Waals surface area contributed by atoms with Crippen molar-refractivity contribution >= 4 is 10.0 Å². The van der Waals surface area contributed by atoms with Crippen LogP contribution >= 0.6 is 0 Å². The smallest absolute Gasteiger partial charge is 0.211 e. The summed E-state index contributed by atoms with van der Waals surface area (Å²) < 4.78 is 24.1. The molecule has 0 spiro atoms. The summed E-state index contributed by atoms with van der Waals surface area (Å²) >= 11 is 0. The summed E-state index contributed by atoms with van der Waals surface area (Å²) in [4.78, 5) is 6.90. The van der Waals surface area contributed by atoms with E-state index in [1.54, 1.807) is 12.5 Å². The van der Waals surface area contributed by atoms with Gasteiger partial charge in [-0.15, -0.1) is 0 Å². The van der Waals surface area contributed by atoms with Gasteiger partial charge in [-0.05, 0) is 13.0 Å². The Bertz CT molecular complexity index is 402. The van der Waals surface area contributed by atoms with E-state index >= 15 is 0 Å². The molecule has 0 radical (unpaired) electrons. The van der Waals surface area contributed by atoms with Gasteiger partial charge < -0.3 is 10.3 Å². The van der Waals surface area contributed by atoms with Crippen LogP contribution in [0.4, 0.5) is 0 Å². The highest BCUT2D eigenvalue weighted by atomic mass is 32.2. The lowest BCUT2D eigenvalue weighted by Crippen LogP contribution is -2.32. The van der Waals surface area contributed by atoms with E-state index in [0.717, 1.165) is 25.2 Å². The Kier molecular flexibility index (Phi) is 5.60. The fourth-order valence-electron chi connectivity index (χ4n) is 1.54. The molecule has 0 atom stereocenters. The van der Waals surface area contributed by atoms with Gasteiger partial charge in [-0.3, -0.25) is 0 Å². The number of nitrogens with zero attached hydrogens (tertiary/aromatic N) is 2. The fourth-order valence-corrected chi connectivity index (χ4v) is 2.47. The Labute approximate surface area is 102 Å². The quantitative estimate of drug-likeness (QED) is 0.653. The van der Waals surface area contributed by atoms with Crippen LogP contribution in [0.25, 0.3) is 0 Å². The topological polar surface area (TPSA) is 78.1 Å².